The van der Waals surface area contributed by atoms with E-state index < -0.39 is 12.0 Å². The van der Waals surface area contributed by atoms with Gasteiger partial charge >= 0.3 is 6.18 Å². The highest BCUT2D eigenvalue weighted by atomic mass is 32.1. The van der Waals surface area contributed by atoms with Crippen LogP contribution in [0, 0.1) is 0 Å². The van der Waals surface area contributed by atoms with Crippen molar-refractivity contribution in [3.05, 3.63) is 5.82 Å². The third-order valence-corrected chi connectivity index (χ3v) is 3.63. The van der Waals surface area contributed by atoms with Gasteiger partial charge in [0.2, 0.25) is 11.0 Å². The van der Waals surface area contributed by atoms with Crippen molar-refractivity contribution in [1.82, 2.24) is 14.3 Å². The van der Waals surface area contributed by atoms with Gasteiger partial charge in [-0.05, 0) is 7.05 Å². The lowest BCUT2D eigenvalue weighted by Gasteiger charge is -2.39. The van der Waals surface area contributed by atoms with E-state index in [9.17, 15) is 13.2 Å². The van der Waals surface area contributed by atoms with E-state index in [2.05, 4.69) is 14.3 Å². The number of halogens is 3. The highest BCUT2D eigenvalue weighted by molar-refractivity contribution is 7.09. The van der Waals surface area contributed by atoms with Crippen LogP contribution in [0.2, 0.25) is 0 Å². The summed E-state index contributed by atoms with van der Waals surface area (Å²) in [6.45, 7) is 2.49. The molecule has 1 atom stereocenters. The molecule has 2 heterocycles. The van der Waals surface area contributed by atoms with E-state index in [4.69, 9.17) is 5.73 Å². The molecule has 0 radical (unpaired) electrons. The minimum absolute atomic E-state index is 0.0159. The molecule has 1 aromatic heterocycles. The Bertz CT molecular complexity index is 407. The Morgan fingerprint density at radius 2 is 2.17 bits per heavy atom. The molecule has 102 valence electrons. The van der Waals surface area contributed by atoms with Gasteiger partial charge in [-0.1, -0.05) is 0 Å². The molecule has 2 rings (SSSR count). The van der Waals surface area contributed by atoms with Crippen LogP contribution in [0.3, 0.4) is 0 Å². The van der Waals surface area contributed by atoms with E-state index >= 15 is 0 Å². The molecule has 1 unspecified atom stereocenters. The van der Waals surface area contributed by atoms with Crippen molar-refractivity contribution < 1.29 is 13.2 Å². The first kappa shape index (κ1) is 13.5. The van der Waals surface area contributed by atoms with E-state index in [1.54, 1.807) is 0 Å². The first-order valence-electron chi connectivity index (χ1n) is 5.48. The number of likely N-dealkylation sites (N-methyl/N-ethyl adjacent to an activating group) is 1. The molecule has 0 spiro atoms. The molecule has 1 aromatic rings. The summed E-state index contributed by atoms with van der Waals surface area (Å²) in [7, 11) is 1.96. The lowest BCUT2D eigenvalue weighted by Crippen LogP contribution is -2.55. The smallest absolute Gasteiger partial charge is 0.340 e. The van der Waals surface area contributed by atoms with Gasteiger partial charge in [0.25, 0.3) is 0 Å². The summed E-state index contributed by atoms with van der Waals surface area (Å²) in [6.07, 6.45) is -4.49. The topological polar surface area (TPSA) is 58.3 Å². The second kappa shape index (κ2) is 4.98. The maximum atomic E-state index is 12.4. The zero-order chi connectivity index (χ0) is 13.3. The van der Waals surface area contributed by atoms with Crippen molar-refractivity contribution in [3.63, 3.8) is 0 Å². The van der Waals surface area contributed by atoms with E-state index in [1.807, 2.05) is 11.9 Å². The number of nitrogens with zero attached hydrogens (tertiary/aromatic N) is 4. The van der Waals surface area contributed by atoms with E-state index in [-0.39, 0.29) is 6.04 Å². The molecule has 18 heavy (non-hydrogen) atoms. The van der Waals surface area contributed by atoms with E-state index in [0.717, 1.165) is 24.6 Å². The van der Waals surface area contributed by atoms with Gasteiger partial charge in [-0.25, -0.2) is 0 Å². The number of hydrogen-bond donors (Lipinski definition) is 1. The molecule has 0 amide bonds. The molecule has 1 aliphatic rings. The van der Waals surface area contributed by atoms with Crippen molar-refractivity contribution >= 4 is 16.7 Å². The Morgan fingerprint density at radius 3 is 2.72 bits per heavy atom. The average Bonchev–Trinajstić information content (AvgIpc) is 2.77. The third-order valence-electron chi connectivity index (χ3n) is 2.87. The summed E-state index contributed by atoms with van der Waals surface area (Å²) in [5.74, 6) is -1.07. The SMILES string of the molecule is CN1CCN(c2nc(C(F)(F)F)ns2)C(CN)C1. The zero-order valence-corrected chi connectivity index (χ0v) is 10.6. The van der Waals surface area contributed by atoms with Crippen molar-refractivity contribution in [3.8, 4) is 0 Å². The van der Waals surface area contributed by atoms with E-state index in [0.29, 0.717) is 18.2 Å². The van der Waals surface area contributed by atoms with Gasteiger partial charge in [-0.3, -0.25) is 0 Å². The van der Waals surface area contributed by atoms with Crippen LogP contribution in [0.5, 0.6) is 0 Å². The van der Waals surface area contributed by atoms with Crippen LogP contribution in [0.15, 0.2) is 0 Å². The van der Waals surface area contributed by atoms with Gasteiger partial charge in [0.1, 0.15) is 0 Å². The van der Waals surface area contributed by atoms with Crippen LogP contribution >= 0.6 is 11.5 Å². The lowest BCUT2D eigenvalue weighted by molar-refractivity contribution is -0.144. The summed E-state index contributed by atoms with van der Waals surface area (Å²) in [5, 5.41) is 0.297. The van der Waals surface area contributed by atoms with Crippen molar-refractivity contribution in [2.75, 3.05) is 38.1 Å². The predicted octanol–water partition coefficient (Wildman–Crippen LogP) is 0.636. The molecule has 0 aromatic carbocycles. The Kier molecular flexibility index (Phi) is 3.74. The fraction of sp³-hybridized carbons (Fsp3) is 0.778. The fourth-order valence-corrected chi connectivity index (χ4v) is 2.70. The van der Waals surface area contributed by atoms with E-state index in [1.165, 1.54) is 0 Å². The van der Waals surface area contributed by atoms with Crippen LogP contribution in [-0.4, -0.2) is 53.5 Å². The summed E-state index contributed by atoms with van der Waals surface area (Å²) in [5.41, 5.74) is 5.65. The van der Waals surface area contributed by atoms with Crippen molar-refractivity contribution in [1.29, 1.82) is 0 Å². The van der Waals surface area contributed by atoms with Crippen LogP contribution in [0.1, 0.15) is 5.82 Å². The molecule has 0 saturated carbocycles. The Balaban J connectivity index is 2.17. The molecule has 0 bridgehead atoms. The number of piperazine rings is 1. The van der Waals surface area contributed by atoms with Crippen LogP contribution in [0.25, 0.3) is 0 Å². The molecule has 1 fully saturated rings. The molecule has 1 saturated heterocycles. The third kappa shape index (κ3) is 2.73. The second-order valence-electron chi connectivity index (χ2n) is 4.24. The number of nitrogens with two attached hydrogens (primary N) is 1. The first-order valence-corrected chi connectivity index (χ1v) is 6.25. The minimum atomic E-state index is -4.49. The van der Waals surface area contributed by atoms with Crippen LogP contribution < -0.4 is 10.6 Å². The molecule has 0 aliphatic carbocycles. The quantitative estimate of drug-likeness (QED) is 0.862. The Morgan fingerprint density at radius 1 is 1.44 bits per heavy atom. The van der Waals surface area contributed by atoms with Gasteiger partial charge in [0.05, 0.1) is 6.04 Å². The number of aromatic nitrogens is 2. The normalized spacial score (nSPS) is 22.5. The molecular formula is C9H14F3N5S. The second-order valence-corrected chi connectivity index (χ2v) is 4.97. The molecule has 5 nitrogen and oxygen atoms in total. The fourth-order valence-electron chi connectivity index (χ4n) is 1.91. The molecular weight excluding hydrogens is 267 g/mol. The summed E-state index contributed by atoms with van der Waals surface area (Å²) < 4.78 is 40.7. The molecule has 1 aliphatic heterocycles. The monoisotopic (exact) mass is 281 g/mol. The Labute approximate surface area is 107 Å². The average molecular weight is 281 g/mol. The summed E-state index contributed by atoms with van der Waals surface area (Å²) in [4.78, 5) is 7.47. The van der Waals surface area contributed by atoms with Crippen LogP contribution in [-0.2, 0) is 6.18 Å². The van der Waals surface area contributed by atoms with Gasteiger partial charge in [-0.15, -0.1) is 0 Å². The van der Waals surface area contributed by atoms with Gasteiger partial charge in [-0.2, -0.15) is 22.5 Å². The molecule has 2 N–H and O–H groups in total. The largest absolute Gasteiger partial charge is 0.452 e. The summed E-state index contributed by atoms with van der Waals surface area (Å²) >= 11 is 0.774. The predicted molar refractivity (Wildman–Crippen MR) is 62.6 cm³/mol. The number of rotatable bonds is 2. The maximum absolute atomic E-state index is 12.4. The minimum Gasteiger partial charge on any atom is -0.340 e. The highest BCUT2D eigenvalue weighted by Gasteiger charge is 2.37. The zero-order valence-electron chi connectivity index (χ0n) is 9.81. The number of hydrogen-bond acceptors (Lipinski definition) is 6. The summed E-state index contributed by atoms with van der Waals surface area (Å²) in [6, 6.07) is -0.0159. The standard InChI is InChI=1S/C9H14F3N5S/c1-16-2-3-17(6(4-13)5-16)8-14-7(15-18-8)9(10,11)12/h6H,2-5,13H2,1H3. The van der Waals surface area contributed by atoms with Crippen molar-refractivity contribution in [2.45, 2.75) is 12.2 Å². The molecule has 9 heteroatoms. The Hall–Kier alpha value is -0.930. The number of anilines is 1. The highest BCUT2D eigenvalue weighted by Crippen LogP contribution is 2.31. The maximum Gasteiger partial charge on any atom is 0.452 e. The van der Waals surface area contributed by atoms with Gasteiger partial charge in [0.15, 0.2) is 0 Å². The first-order chi connectivity index (χ1) is 8.41. The van der Waals surface area contributed by atoms with Gasteiger partial charge < -0.3 is 15.5 Å². The van der Waals surface area contributed by atoms with Crippen molar-refractivity contribution in [2.24, 2.45) is 5.73 Å². The lowest BCUT2D eigenvalue weighted by atomic mass is 10.2. The number of alkyl halides is 3. The van der Waals surface area contributed by atoms with Crippen LogP contribution in [0.4, 0.5) is 18.3 Å². The van der Waals surface area contributed by atoms with Gasteiger partial charge in [0, 0.05) is 37.7 Å².